The summed E-state index contributed by atoms with van der Waals surface area (Å²) in [6, 6.07) is 12.0. The van der Waals surface area contributed by atoms with Crippen molar-refractivity contribution < 1.29 is 17.9 Å². The third-order valence-corrected chi connectivity index (χ3v) is 7.62. The van der Waals surface area contributed by atoms with Gasteiger partial charge in [0.25, 0.3) is 10.0 Å². The molecule has 154 valence electrons. The average Bonchev–Trinajstić information content (AvgIpc) is 3.28. The van der Waals surface area contributed by atoms with Gasteiger partial charge in [-0.3, -0.25) is 9.10 Å². The largest absolute Gasteiger partial charge is 0.497 e. The first kappa shape index (κ1) is 19.8. The number of rotatable bonds is 5. The fourth-order valence-electron chi connectivity index (χ4n) is 4.20. The predicted octanol–water partition coefficient (Wildman–Crippen LogP) is 3.97. The molecule has 2 aromatic carbocycles. The van der Waals surface area contributed by atoms with Crippen molar-refractivity contribution in [3.8, 4) is 5.75 Å². The summed E-state index contributed by atoms with van der Waals surface area (Å²) in [5, 5.41) is 3.01. The molecule has 2 aromatic rings. The predicted molar refractivity (Wildman–Crippen MR) is 113 cm³/mol. The molecule has 0 atom stereocenters. The number of hydrogen-bond acceptors (Lipinski definition) is 4. The van der Waals surface area contributed by atoms with E-state index in [-0.39, 0.29) is 16.7 Å². The number of amides is 1. The molecule has 4 rings (SSSR count). The van der Waals surface area contributed by atoms with Crippen LogP contribution in [0, 0.1) is 5.92 Å². The second-order valence-electron chi connectivity index (χ2n) is 7.67. The van der Waals surface area contributed by atoms with E-state index < -0.39 is 10.0 Å². The number of aryl methyl sites for hydroxylation is 1. The second kappa shape index (κ2) is 8.06. The van der Waals surface area contributed by atoms with Gasteiger partial charge in [0.1, 0.15) is 5.75 Å². The van der Waals surface area contributed by atoms with Crippen molar-refractivity contribution >= 4 is 27.3 Å². The molecule has 1 amide bonds. The van der Waals surface area contributed by atoms with E-state index in [2.05, 4.69) is 5.32 Å². The smallest absolute Gasteiger partial charge is 0.264 e. The van der Waals surface area contributed by atoms with Crippen molar-refractivity contribution in [2.24, 2.45) is 5.92 Å². The molecule has 1 heterocycles. The minimum absolute atomic E-state index is 0.0703. The molecular weight excluding hydrogens is 388 g/mol. The number of sulfonamides is 1. The zero-order chi connectivity index (χ0) is 20.4. The molecule has 0 radical (unpaired) electrons. The summed E-state index contributed by atoms with van der Waals surface area (Å²) in [6.45, 7) is 0.440. The van der Waals surface area contributed by atoms with Crippen LogP contribution in [-0.4, -0.2) is 28.0 Å². The molecule has 1 aliphatic carbocycles. The van der Waals surface area contributed by atoms with Crippen molar-refractivity contribution in [1.29, 1.82) is 0 Å². The molecule has 1 aliphatic heterocycles. The van der Waals surface area contributed by atoms with Crippen LogP contribution in [0.1, 0.15) is 37.7 Å². The molecule has 2 aliphatic rings. The monoisotopic (exact) mass is 414 g/mol. The highest BCUT2D eigenvalue weighted by Crippen LogP contribution is 2.34. The second-order valence-corrected chi connectivity index (χ2v) is 9.53. The molecule has 0 saturated heterocycles. The Morgan fingerprint density at radius 3 is 2.48 bits per heavy atom. The molecule has 1 saturated carbocycles. The van der Waals surface area contributed by atoms with E-state index in [0.717, 1.165) is 49.8 Å². The molecule has 0 unspecified atom stereocenters. The van der Waals surface area contributed by atoms with Crippen LogP contribution < -0.4 is 14.4 Å². The average molecular weight is 415 g/mol. The lowest BCUT2D eigenvalue weighted by Gasteiger charge is -2.31. The van der Waals surface area contributed by atoms with Crippen LogP contribution in [0.5, 0.6) is 5.75 Å². The Morgan fingerprint density at radius 2 is 1.79 bits per heavy atom. The summed E-state index contributed by atoms with van der Waals surface area (Å²) in [5.74, 6) is 0.782. The first-order chi connectivity index (χ1) is 14.0. The van der Waals surface area contributed by atoms with Crippen molar-refractivity contribution in [3.05, 3.63) is 48.0 Å². The van der Waals surface area contributed by atoms with Crippen LogP contribution in [-0.2, 0) is 21.2 Å². The number of anilines is 2. The van der Waals surface area contributed by atoms with Gasteiger partial charge in [-0.15, -0.1) is 0 Å². The van der Waals surface area contributed by atoms with Crippen molar-refractivity contribution in [3.63, 3.8) is 0 Å². The SMILES string of the molecule is COc1ccc(S(=O)(=O)N2CCCc3cc(NC(=O)C4CCCC4)ccc32)cc1. The zero-order valence-electron chi connectivity index (χ0n) is 16.6. The van der Waals surface area contributed by atoms with Gasteiger partial charge in [-0.1, -0.05) is 12.8 Å². The van der Waals surface area contributed by atoms with Crippen LogP contribution in [0.2, 0.25) is 0 Å². The summed E-state index contributed by atoms with van der Waals surface area (Å²) in [7, 11) is -2.11. The van der Waals surface area contributed by atoms with Gasteiger partial charge in [-0.25, -0.2) is 8.42 Å². The molecular formula is C22H26N2O4S. The lowest BCUT2D eigenvalue weighted by Crippen LogP contribution is -2.35. The maximum absolute atomic E-state index is 13.2. The first-order valence-corrected chi connectivity index (χ1v) is 11.5. The first-order valence-electron chi connectivity index (χ1n) is 10.1. The fraction of sp³-hybridized carbons (Fsp3) is 0.409. The van der Waals surface area contributed by atoms with Gasteiger partial charge in [0.15, 0.2) is 0 Å². The zero-order valence-corrected chi connectivity index (χ0v) is 17.4. The van der Waals surface area contributed by atoms with Crippen molar-refractivity contribution in [2.75, 3.05) is 23.3 Å². The Labute approximate surface area is 171 Å². The molecule has 7 heteroatoms. The molecule has 0 bridgehead atoms. The van der Waals surface area contributed by atoms with Crippen molar-refractivity contribution in [1.82, 2.24) is 0 Å². The number of methoxy groups -OCH3 is 1. The number of benzene rings is 2. The lowest BCUT2D eigenvalue weighted by molar-refractivity contribution is -0.119. The van der Waals surface area contributed by atoms with Crippen LogP contribution in [0.25, 0.3) is 0 Å². The number of nitrogens with zero attached hydrogens (tertiary/aromatic N) is 1. The summed E-state index contributed by atoms with van der Waals surface area (Å²) >= 11 is 0. The topological polar surface area (TPSA) is 75.7 Å². The third-order valence-electron chi connectivity index (χ3n) is 5.80. The minimum atomic E-state index is -3.66. The van der Waals surface area contributed by atoms with Gasteiger partial charge in [0.2, 0.25) is 5.91 Å². The van der Waals surface area contributed by atoms with Gasteiger partial charge in [-0.05, 0) is 73.7 Å². The maximum atomic E-state index is 13.2. The maximum Gasteiger partial charge on any atom is 0.264 e. The molecule has 0 aromatic heterocycles. The van der Waals surface area contributed by atoms with E-state index in [9.17, 15) is 13.2 Å². The normalized spacial score (nSPS) is 17.1. The summed E-state index contributed by atoms with van der Waals surface area (Å²) in [4.78, 5) is 12.7. The van der Waals surface area contributed by atoms with Gasteiger partial charge in [-0.2, -0.15) is 0 Å². The number of nitrogens with one attached hydrogen (secondary N) is 1. The standard InChI is InChI=1S/C22H26N2O4S/c1-28-19-9-11-20(12-10-19)29(26,27)24-14-4-7-17-15-18(8-13-21(17)24)23-22(25)16-5-2-3-6-16/h8-13,15-16H,2-7,14H2,1H3,(H,23,25). The van der Waals surface area contributed by atoms with Crippen LogP contribution >= 0.6 is 0 Å². The van der Waals surface area contributed by atoms with E-state index in [0.29, 0.717) is 18.0 Å². The molecule has 6 nitrogen and oxygen atoms in total. The number of carbonyl (C=O) groups is 1. The van der Waals surface area contributed by atoms with Crippen LogP contribution in [0.4, 0.5) is 11.4 Å². The highest BCUT2D eigenvalue weighted by Gasteiger charge is 2.29. The Bertz CT molecular complexity index is 996. The molecule has 29 heavy (non-hydrogen) atoms. The molecule has 1 fully saturated rings. The Morgan fingerprint density at radius 1 is 1.07 bits per heavy atom. The van der Waals surface area contributed by atoms with Crippen molar-refractivity contribution in [2.45, 2.75) is 43.4 Å². The lowest BCUT2D eigenvalue weighted by atomic mass is 10.0. The van der Waals surface area contributed by atoms with E-state index in [1.165, 1.54) is 4.31 Å². The molecule has 0 spiro atoms. The van der Waals surface area contributed by atoms with E-state index in [4.69, 9.17) is 4.74 Å². The third kappa shape index (κ3) is 3.96. The van der Waals surface area contributed by atoms with E-state index >= 15 is 0 Å². The number of carbonyl (C=O) groups excluding carboxylic acids is 1. The minimum Gasteiger partial charge on any atom is -0.497 e. The van der Waals surface area contributed by atoms with Gasteiger partial charge in [0, 0.05) is 18.2 Å². The summed E-state index contributed by atoms with van der Waals surface area (Å²) < 4.78 is 33.0. The fourth-order valence-corrected chi connectivity index (χ4v) is 5.74. The van der Waals surface area contributed by atoms with Crippen LogP contribution in [0.3, 0.4) is 0 Å². The van der Waals surface area contributed by atoms with Gasteiger partial charge >= 0.3 is 0 Å². The highest BCUT2D eigenvalue weighted by atomic mass is 32.2. The summed E-state index contributed by atoms with van der Waals surface area (Å²) in [6.07, 6.45) is 5.65. The van der Waals surface area contributed by atoms with Gasteiger partial charge in [0.05, 0.1) is 17.7 Å². The Balaban J connectivity index is 1.58. The highest BCUT2D eigenvalue weighted by molar-refractivity contribution is 7.92. The number of fused-ring (bicyclic) bond motifs is 1. The summed E-state index contributed by atoms with van der Waals surface area (Å²) in [5.41, 5.74) is 2.37. The van der Waals surface area contributed by atoms with Crippen LogP contribution in [0.15, 0.2) is 47.4 Å². The Kier molecular flexibility index (Phi) is 5.50. The number of ether oxygens (including phenoxy) is 1. The van der Waals surface area contributed by atoms with E-state index in [1.807, 2.05) is 6.07 Å². The molecule has 1 N–H and O–H groups in total. The Hall–Kier alpha value is -2.54. The van der Waals surface area contributed by atoms with Gasteiger partial charge < -0.3 is 10.1 Å². The quantitative estimate of drug-likeness (QED) is 0.803. The number of hydrogen-bond donors (Lipinski definition) is 1. The van der Waals surface area contributed by atoms with E-state index in [1.54, 1.807) is 43.5 Å².